The number of pyridine rings is 1. The van der Waals surface area contributed by atoms with Crippen LogP contribution in [0.25, 0.3) is 11.3 Å². The Morgan fingerprint density at radius 1 is 1.33 bits per heavy atom. The van der Waals surface area contributed by atoms with E-state index in [0.717, 1.165) is 5.56 Å². The van der Waals surface area contributed by atoms with E-state index in [1.807, 2.05) is 24.3 Å². The van der Waals surface area contributed by atoms with Gasteiger partial charge < -0.3 is 4.74 Å². The molecule has 0 radical (unpaired) electrons. The SMILES string of the molecule is COc1ccccc1-c1cc(C)c([N+](=O)[O-])cn1. The van der Waals surface area contributed by atoms with Crippen LogP contribution >= 0.6 is 0 Å². The highest BCUT2D eigenvalue weighted by Crippen LogP contribution is 2.30. The molecular formula is C13H12N2O3. The van der Waals surface area contributed by atoms with E-state index in [9.17, 15) is 10.1 Å². The first-order chi connectivity index (χ1) is 8.63. The van der Waals surface area contributed by atoms with Crippen molar-refractivity contribution in [2.45, 2.75) is 6.92 Å². The maximum atomic E-state index is 10.7. The predicted molar refractivity (Wildman–Crippen MR) is 67.6 cm³/mol. The van der Waals surface area contributed by atoms with E-state index in [1.54, 1.807) is 20.1 Å². The summed E-state index contributed by atoms with van der Waals surface area (Å²) in [7, 11) is 1.58. The van der Waals surface area contributed by atoms with Gasteiger partial charge in [-0.1, -0.05) is 12.1 Å². The quantitative estimate of drug-likeness (QED) is 0.615. The Kier molecular flexibility index (Phi) is 3.23. The van der Waals surface area contributed by atoms with E-state index in [0.29, 0.717) is 17.0 Å². The molecule has 0 amide bonds. The van der Waals surface area contributed by atoms with Gasteiger partial charge in [-0.25, -0.2) is 4.98 Å². The number of benzene rings is 1. The van der Waals surface area contributed by atoms with Crippen LogP contribution in [-0.4, -0.2) is 17.0 Å². The topological polar surface area (TPSA) is 65.3 Å². The Labute approximate surface area is 104 Å². The summed E-state index contributed by atoms with van der Waals surface area (Å²) in [6.07, 6.45) is 1.27. The van der Waals surface area contributed by atoms with Crippen molar-refractivity contribution in [3.8, 4) is 17.0 Å². The molecule has 0 fully saturated rings. The Morgan fingerprint density at radius 3 is 2.67 bits per heavy atom. The van der Waals surface area contributed by atoms with Crippen molar-refractivity contribution in [3.05, 3.63) is 52.2 Å². The lowest BCUT2D eigenvalue weighted by atomic mass is 10.1. The molecule has 0 bridgehead atoms. The summed E-state index contributed by atoms with van der Waals surface area (Å²) in [6, 6.07) is 9.12. The molecule has 1 aromatic heterocycles. The number of para-hydroxylation sites is 1. The standard InChI is InChI=1S/C13H12N2O3/c1-9-7-11(14-8-12(9)15(16)17)10-5-3-4-6-13(10)18-2/h3-8H,1-2H3. The van der Waals surface area contributed by atoms with E-state index >= 15 is 0 Å². The number of aromatic nitrogens is 1. The molecule has 1 heterocycles. The Hall–Kier alpha value is -2.43. The summed E-state index contributed by atoms with van der Waals surface area (Å²) < 4.78 is 5.24. The van der Waals surface area contributed by atoms with Crippen molar-refractivity contribution in [1.29, 1.82) is 0 Å². The first-order valence-electron chi connectivity index (χ1n) is 5.38. The van der Waals surface area contributed by atoms with Gasteiger partial charge >= 0.3 is 0 Å². The van der Waals surface area contributed by atoms with Gasteiger partial charge in [-0.2, -0.15) is 0 Å². The van der Waals surface area contributed by atoms with Crippen molar-refractivity contribution in [3.63, 3.8) is 0 Å². The number of hydrogen-bond acceptors (Lipinski definition) is 4. The van der Waals surface area contributed by atoms with Gasteiger partial charge in [-0.3, -0.25) is 10.1 Å². The van der Waals surface area contributed by atoms with Gasteiger partial charge in [0.1, 0.15) is 11.9 Å². The lowest BCUT2D eigenvalue weighted by Crippen LogP contribution is -1.95. The number of methoxy groups -OCH3 is 1. The second-order valence-corrected chi connectivity index (χ2v) is 3.81. The zero-order valence-electron chi connectivity index (χ0n) is 10.1. The summed E-state index contributed by atoms with van der Waals surface area (Å²) in [6.45, 7) is 1.69. The lowest BCUT2D eigenvalue weighted by Gasteiger charge is -2.08. The van der Waals surface area contributed by atoms with Crippen molar-refractivity contribution in [2.75, 3.05) is 7.11 Å². The van der Waals surface area contributed by atoms with Crippen LogP contribution in [0.15, 0.2) is 36.5 Å². The maximum absolute atomic E-state index is 10.7. The van der Waals surface area contributed by atoms with Crippen molar-refractivity contribution < 1.29 is 9.66 Å². The maximum Gasteiger partial charge on any atom is 0.290 e. The minimum atomic E-state index is -0.436. The third-order valence-electron chi connectivity index (χ3n) is 2.66. The normalized spacial score (nSPS) is 10.1. The molecule has 0 atom stereocenters. The minimum Gasteiger partial charge on any atom is -0.496 e. The number of nitrogens with zero attached hydrogens (tertiary/aromatic N) is 2. The second-order valence-electron chi connectivity index (χ2n) is 3.81. The Morgan fingerprint density at radius 2 is 2.06 bits per heavy atom. The molecule has 0 aliphatic heterocycles. The van der Waals surface area contributed by atoms with Gasteiger partial charge in [0.2, 0.25) is 0 Å². The largest absolute Gasteiger partial charge is 0.496 e. The number of aryl methyl sites for hydroxylation is 1. The van der Waals surface area contributed by atoms with Gasteiger partial charge in [-0.05, 0) is 25.1 Å². The van der Waals surface area contributed by atoms with Crippen LogP contribution in [0, 0.1) is 17.0 Å². The van der Waals surface area contributed by atoms with E-state index in [4.69, 9.17) is 4.74 Å². The van der Waals surface area contributed by atoms with Crippen LogP contribution in [0.2, 0.25) is 0 Å². The number of nitro groups is 1. The average molecular weight is 244 g/mol. The molecule has 0 aliphatic rings. The Balaban J connectivity index is 2.52. The van der Waals surface area contributed by atoms with E-state index in [1.165, 1.54) is 6.20 Å². The fourth-order valence-corrected chi connectivity index (χ4v) is 1.74. The third-order valence-corrected chi connectivity index (χ3v) is 2.66. The molecule has 0 spiro atoms. The molecule has 1 aromatic carbocycles. The molecule has 0 saturated carbocycles. The molecule has 2 rings (SSSR count). The highest BCUT2D eigenvalue weighted by atomic mass is 16.6. The van der Waals surface area contributed by atoms with E-state index in [-0.39, 0.29) is 5.69 Å². The van der Waals surface area contributed by atoms with Gasteiger partial charge in [0.05, 0.1) is 17.7 Å². The molecule has 2 aromatic rings. The van der Waals surface area contributed by atoms with Gasteiger partial charge in [0.15, 0.2) is 0 Å². The zero-order chi connectivity index (χ0) is 13.1. The smallest absolute Gasteiger partial charge is 0.290 e. The summed E-state index contributed by atoms with van der Waals surface area (Å²) in [4.78, 5) is 14.4. The summed E-state index contributed by atoms with van der Waals surface area (Å²) in [5.74, 6) is 0.693. The van der Waals surface area contributed by atoms with Crippen LogP contribution in [0.5, 0.6) is 5.75 Å². The molecule has 0 saturated heterocycles. The van der Waals surface area contributed by atoms with E-state index in [2.05, 4.69) is 4.98 Å². The third kappa shape index (κ3) is 2.15. The van der Waals surface area contributed by atoms with Crippen molar-refractivity contribution in [1.82, 2.24) is 4.98 Å². The van der Waals surface area contributed by atoms with Gasteiger partial charge in [-0.15, -0.1) is 0 Å². The first-order valence-corrected chi connectivity index (χ1v) is 5.38. The molecule has 0 N–H and O–H groups in total. The van der Waals surface area contributed by atoms with Crippen LogP contribution < -0.4 is 4.74 Å². The highest BCUT2D eigenvalue weighted by molar-refractivity contribution is 5.68. The molecule has 5 nitrogen and oxygen atoms in total. The summed E-state index contributed by atoms with van der Waals surface area (Å²) >= 11 is 0. The minimum absolute atomic E-state index is 0.0219. The van der Waals surface area contributed by atoms with Gasteiger partial charge in [0, 0.05) is 11.1 Å². The Bertz CT molecular complexity index is 597. The monoisotopic (exact) mass is 244 g/mol. The highest BCUT2D eigenvalue weighted by Gasteiger charge is 2.13. The van der Waals surface area contributed by atoms with E-state index < -0.39 is 4.92 Å². The van der Waals surface area contributed by atoms with Crippen LogP contribution in [0.4, 0.5) is 5.69 Å². The molecule has 5 heteroatoms. The van der Waals surface area contributed by atoms with Gasteiger partial charge in [0.25, 0.3) is 5.69 Å². The molecule has 0 aliphatic carbocycles. The fraction of sp³-hybridized carbons (Fsp3) is 0.154. The molecular weight excluding hydrogens is 232 g/mol. The number of hydrogen-bond donors (Lipinski definition) is 0. The molecule has 18 heavy (non-hydrogen) atoms. The lowest BCUT2D eigenvalue weighted by molar-refractivity contribution is -0.385. The number of ether oxygens (including phenoxy) is 1. The van der Waals surface area contributed by atoms with Crippen LogP contribution in [0.1, 0.15) is 5.56 Å². The van der Waals surface area contributed by atoms with Crippen LogP contribution in [0.3, 0.4) is 0 Å². The van der Waals surface area contributed by atoms with Crippen molar-refractivity contribution >= 4 is 5.69 Å². The van der Waals surface area contributed by atoms with Crippen LogP contribution in [-0.2, 0) is 0 Å². The fourth-order valence-electron chi connectivity index (χ4n) is 1.74. The summed E-state index contributed by atoms with van der Waals surface area (Å²) in [5, 5.41) is 10.7. The molecule has 92 valence electrons. The molecule has 0 unspecified atom stereocenters. The van der Waals surface area contributed by atoms with Crippen molar-refractivity contribution in [2.24, 2.45) is 0 Å². The first kappa shape index (κ1) is 12.0. The second kappa shape index (κ2) is 4.83. The zero-order valence-corrected chi connectivity index (χ0v) is 10.1. The predicted octanol–water partition coefficient (Wildman–Crippen LogP) is 2.97. The number of rotatable bonds is 3. The average Bonchev–Trinajstić information content (AvgIpc) is 2.38. The summed E-state index contributed by atoms with van der Waals surface area (Å²) in [5.41, 5.74) is 2.08.